The van der Waals surface area contributed by atoms with E-state index in [0.29, 0.717) is 13.0 Å². The lowest BCUT2D eigenvalue weighted by Crippen LogP contribution is -2.35. The summed E-state index contributed by atoms with van der Waals surface area (Å²) in [5, 5.41) is 0. The van der Waals surface area contributed by atoms with Crippen molar-refractivity contribution in [2.75, 3.05) is 13.1 Å². The number of halogens is 2. The van der Waals surface area contributed by atoms with Crippen molar-refractivity contribution >= 4 is 23.7 Å². The molecule has 0 aliphatic carbocycles. The van der Waals surface area contributed by atoms with Crippen molar-refractivity contribution in [2.45, 2.75) is 45.8 Å². The van der Waals surface area contributed by atoms with Crippen LogP contribution < -0.4 is 5.56 Å². The summed E-state index contributed by atoms with van der Waals surface area (Å²) in [5.74, 6) is 0. The highest BCUT2D eigenvalue weighted by atomic mass is 35.5. The molecule has 1 saturated heterocycles. The molecule has 24 heavy (non-hydrogen) atoms. The third-order valence-corrected chi connectivity index (χ3v) is 5.55. The fraction of sp³-hybridized carbons (Fsp3) is 0.500. The molecule has 3 heterocycles. The zero-order valence-corrected chi connectivity index (χ0v) is 15.7. The van der Waals surface area contributed by atoms with E-state index in [0.717, 1.165) is 47.6 Å². The number of piperidine rings is 1. The summed E-state index contributed by atoms with van der Waals surface area (Å²) < 4.78 is 13.5. The predicted octanol–water partition coefficient (Wildman–Crippen LogP) is 4.33. The van der Waals surface area contributed by atoms with Gasteiger partial charge in [0, 0.05) is 39.7 Å². The number of rotatable bonds is 4. The number of aromatic amines is 1. The van der Waals surface area contributed by atoms with E-state index in [4.69, 9.17) is 0 Å². The molecule has 1 unspecified atom stereocenters. The van der Waals surface area contributed by atoms with Crippen LogP contribution in [-0.2, 0) is 13.0 Å². The molecule has 0 saturated carbocycles. The second kappa shape index (κ2) is 8.28. The number of nitrogens with zero attached hydrogens (tertiary/aromatic N) is 1. The maximum atomic E-state index is 13.5. The average Bonchev–Trinajstić information content (AvgIpc) is 2.95. The van der Waals surface area contributed by atoms with Gasteiger partial charge in [-0.25, -0.2) is 4.39 Å². The minimum Gasteiger partial charge on any atom is -0.326 e. The highest BCUT2D eigenvalue weighted by Crippen LogP contribution is 2.31. The van der Waals surface area contributed by atoms with Crippen LogP contribution in [-0.4, -0.2) is 29.1 Å². The van der Waals surface area contributed by atoms with E-state index >= 15 is 0 Å². The molecule has 0 aromatic carbocycles. The van der Waals surface area contributed by atoms with Gasteiger partial charge in [0.1, 0.15) is 6.17 Å². The summed E-state index contributed by atoms with van der Waals surface area (Å²) in [5.41, 5.74) is 2.83. The quantitative estimate of drug-likeness (QED) is 0.869. The number of H-pyrrole nitrogens is 1. The van der Waals surface area contributed by atoms with E-state index in [1.54, 1.807) is 11.3 Å². The number of aromatic nitrogens is 1. The highest BCUT2D eigenvalue weighted by molar-refractivity contribution is 7.15. The van der Waals surface area contributed by atoms with Crippen molar-refractivity contribution < 1.29 is 4.39 Å². The van der Waals surface area contributed by atoms with Crippen LogP contribution in [0, 0.1) is 6.92 Å². The molecule has 1 atom stereocenters. The maximum absolute atomic E-state index is 13.5. The second-order valence-corrected chi connectivity index (χ2v) is 7.42. The number of thiophene rings is 1. The van der Waals surface area contributed by atoms with E-state index in [-0.39, 0.29) is 18.0 Å². The number of alkyl halides is 1. The molecule has 132 valence electrons. The van der Waals surface area contributed by atoms with Crippen molar-refractivity contribution in [3.05, 3.63) is 44.7 Å². The van der Waals surface area contributed by atoms with Gasteiger partial charge in [0.15, 0.2) is 0 Å². The van der Waals surface area contributed by atoms with Gasteiger partial charge in [0.05, 0.1) is 0 Å². The van der Waals surface area contributed by atoms with E-state index in [1.807, 2.05) is 19.9 Å². The van der Waals surface area contributed by atoms with Gasteiger partial charge >= 0.3 is 0 Å². The first kappa shape index (κ1) is 19.2. The fourth-order valence-corrected chi connectivity index (χ4v) is 4.28. The molecule has 6 heteroatoms. The van der Waals surface area contributed by atoms with Gasteiger partial charge in [-0.3, -0.25) is 9.69 Å². The molecule has 3 nitrogen and oxygen atoms in total. The number of nitrogens with one attached hydrogen (secondary N) is 1. The van der Waals surface area contributed by atoms with Crippen LogP contribution in [0.5, 0.6) is 0 Å². The van der Waals surface area contributed by atoms with Gasteiger partial charge in [-0.15, -0.1) is 23.7 Å². The molecule has 0 bridgehead atoms. The average molecular weight is 371 g/mol. The first-order chi connectivity index (χ1) is 11.1. The third-order valence-electron chi connectivity index (χ3n) is 4.45. The Morgan fingerprint density at radius 1 is 1.42 bits per heavy atom. The summed E-state index contributed by atoms with van der Waals surface area (Å²) in [7, 11) is 0. The topological polar surface area (TPSA) is 36.1 Å². The Morgan fingerprint density at radius 2 is 2.21 bits per heavy atom. The second-order valence-electron chi connectivity index (χ2n) is 6.26. The van der Waals surface area contributed by atoms with Crippen LogP contribution in [0.1, 0.15) is 35.9 Å². The summed E-state index contributed by atoms with van der Waals surface area (Å²) in [6.07, 6.45) is 1.68. The molecule has 1 aliphatic rings. The third kappa shape index (κ3) is 4.26. The first-order valence-electron chi connectivity index (χ1n) is 8.25. The van der Waals surface area contributed by atoms with Gasteiger partial charge in [0.2, 0.25) is 0 Å². The molecule has 2 aromatic rings. The Bertz CT molecular complexity index is 743. The van der Waals surface area contributed by atoms with Gasteiger partial charge in [-0.1, -0.05) is 6.92 Å². The lowest BCUT2D eigenvalue weighted by atomic mass is 10.1. The monoisotopic (exact) mass is 370 g/mol. The summed E-state index contributed by atoms with van der Waals surface area (Å²) in [6, 6.07) is 6.23. The van der Waals surface area contributed by atoms with Crippen molar-refractivity contribution in [1.29, 1.82) is 0 Å². The van der Waals surface area contributed by atoms with Gasteiger partial charge < -0.3 is 4.98 Å². The van der Waals surface area contributed by atoms with E-state index in [2.05, 4.69) is 22.0 Å². The van der Waals surface area contributed by atoms with Gasteiger partial charge in [-0.2, -0.15) is 0 Å². The maximum Gasteiger partial charge on any atom is 0.251 e. The molecule has 0 amide bonds. The highest BCUT2D eigenvalue weighted by Gasteiger charge is 2.19. The van der Waals surface area contributed by atoms with Crippen LogP contribution in [0.4, 0.5) is 4.39 Å². The Hall–Kier alpha value is -1.17. The zero-order chi connectivity index (χ0) is 16.4. The van der Waals surface area contributed by atoms with Gasteiger partial charge in [0.25, 0.3) is 5.56 Å². The largest absolute Gasteiger partial charge is 0.326 e. The summed E-state index contributed by atoms with van der Waals surface area (Å²) >= 11 is 1.73. The fourth-order valence-electron chi connectivity index (χ4n) is 3.16. The van der Waals surface area contributed by atoms with Crippen molar-refractivity contribution in [2.24, 2.45) is 0 Å². The van der Waals surface area contributed by atoms with Crippen molar-refractivity contribution in [1.82, 2.24) is 9.88 Å². The first-order valence-corrected chi connectivity index (χ1v) is 9.06. The number of aryl methyl sites for hydroxylation is 2. The predicted molar refractivity (Wildman–Crippen MR) is 101 cm³/mol. The van der Waals surface area contributed by atoms with E-state index in [1.165, 1.54) is 4.88 Å². The minimum atomic E-state index is -0.684. The van der Waals surface area contributed by atoms with Crippen LogP contribution in [0.15, 0.2) is 23.0 Å². The number of likely N-dealkylation sites (tertiary alicyclic amines) is 1. The van der Waals surface area contributed by atoms with Gasteiger partial charge in [-0.05, 0) is 50.9 Å². The minimum absolute atomic E-state index is 0. The smallest absolute Gasteiger partial charge is 0.251 e. The standard InChI is InChI=1S/C18H23FN2OS.ClH/c1-3-13-9-16(12(2)20-18(13)22)17-7-6-15(23-17)11-21-8-4-5-14(19)10-21;/h6-7,9,14H,3-5,8,10-11H2,1-2H3,(H,20,22);1H. The number of hydrogen-bond donors (Lipinski definition) is 1. The van der Waals surface area contributed by atoms with Crippen LogP contribution >= 0.6 is 23.7 Å². The molecule has 0 radical (unpaired) electrons. The molecule has 1 aliphatic heterocycles. The molecular weight excluding hydrogens is 347 g/mol. The van der Waals surface area contributed by atoms with E-state index < -0.39 is 6.17 Å². The van der Waals surface area contributed by atoms with Crippen molar-refractivity contribution in [3.8, 4) is 10.4 Å². The summed E-state index contributed by atoms with van der Waals surface area (Å²) in [6.45, 7) is 6.27. The Kier molecular flexibility index (Phi) is 6.61. The van der Waals surface area contributed by atoms with Crippen LogP contribution in [0.2, 0.25) is 0 Å². The molecular formula is C18H24ClFN2OS. The Labute approximate surface area is 152 Å². The molecule has 0 spiro atoms. The Balaban J connectivity index is 0.00000208. The molecule has 2 aromatic heterocycles. The molecule has 1 fully saturated rings. The SMILES string of the molecule is CCc1cc(-c2ccc(CN3CCCC(F)C3)s2)c(C)[nH]c1=O.Cl. The van der Waals surface area contributed by atoms with E-state index in [9.17, 15) is 9.18 Å². The zero-order valence-electron chi connectivity index (χ0n) is 14.1. The lowest BCUT2D eigenvalue weighted by molar-refractivity contribution is 0.134. The van der Waals surface area contributed by atoms with Crippen molar-refractivity contribution in [3.63, 3.8) is 0 Å². The molecule has 1 N–H and O–H groups in total. The Morgan fingerprint density at radius 3 is 2.92 bits per heavy atom. The number of pyridine rings is 1. The summed E-state index contributed by atoms with van der Waals surface area (Å²) in [4.78, 5) is 19.4. The van der Waals surface area contributed by atoms with Crippen LogP contribution in [0.25, 0.3) is 10.4 Å². The normalized spacial score (nSPS) is 18.4. The van der Waals surface area contributed by atoms with Crippen LogP contribution in [0.3, 0.4) is 0 Å². The number of hydrogen-bond acceptors (Lipinski definition) is 3. The molecule has 3 rings (SSSR count). The lowest BCUT2D eigenvalue weighted by Gasteiger charge is -2.28.